The number of nitrogens with zero attached hydrogens (tertiary/aromatic N) is 2. The van der Waals surface area contributed by atoms with Gasteiger partial charge in [-0.1, -0.05) is 39.0 Å². The van der Waals surface area contributed by atoms with Gasteiger partial charge in [0.2, 0.25) is 0 Å². The molecule has 0 bridgehead atoms. The molecule has 0 fully saturated rings. The van der Waals surface area contributed by atoms with Crippen LogP contribution in [0.15, 0.2) is 36.7 Å². The van der Waals surface area contributed by atoms with Crippen LogP contribution in [0.2, 0.25) is 0 Å². The van der Waals surface area contributed by atoms with Crippen molar-refractivity contribution in [2.24, 2.45) is 0 Å². The van der Waals surface area contributed by atoms with Gasteiger partial charge in [-0.3, -0.25) is 4.98 Å². The lowest BCUT2D eigenvalue weighted by Crippen LogP contribution is -2.29. The van der Waals surface area contributed by atoms with Crippen molar-refractivity contribution in [1.82, 2.24) is 15.2 Å². The Bertz CT molecular complexity index is 544. The summed E-state index contributed by atoms with van der Waals surface area (Å²) in [5.41, 5.74) is 1.37. The van der Waals surface area contributed by atoms with Crippen molar-refractivity contribution in [3.8, 4) is 0 Å². The summed E-state index contributed by atoms with van der Waals surface area (Å²) in [6, 6.07) is 9.03. The van der Waals surface area contributed by atoms with E-state index in [1.165, 1.54) is 16.3 Å². The smallest absolute Gasteiger partial charge is 0.0349 e. The van der Waals surface area contributed by atoms with Gasteiger partial charge in [0.1, 0.15) is 0 Å². The van der Waals surface area contributed by atoms with Gasteiger partial charge in [-0.15, -0.1) is 0 Å². The van der Waals surface area contributed by atoms with Crippen LogP contribution in [0.5, 0.6) is 0 Å². The van der Waals surface area contributed by atoms with Crippen LogP contribution in [0.4, 0.5) is 0 Å². The molecule has 0 saturated carbocycles. The van der Waals surface area contributed by atoms with Crippen molar-refractivity contribution in [2.75, 3.05) is 26.2 Å². The highest BCUT2D eigenvalue weighted by molar-refractivity contribution is 5.85. The maximum Gasteiger partial charge on any atom is 0.0349 e. The summed E-state index contributed by atoms with van der Waals surface area (Å²) >= 11 is 0. The Kier molecular flexibility index (Phi) is 6.15. The Hall–Kier alpha value is -1.45. The SMILES string of the molecule is CCNC(CCN(CC)CC)c1cccc2ccncc12. The third-order valence-electron chi connectivity index (χ3n) is 4.17. The fraction of sp³-hybridized carbons (Fsp3) is 0.500. The minimum Gasteiger partial charge on any atom is -0.310 e. The summed E-state index contributed by atoms with van der Waals surface area (Å²) in [6.45, 7) is 11.0. The Balaban J connectivity index is 2.23. The summed E-state index contributed by atoms with van der Waals surface area (Å²) < 4.78 is 0. The molecule has 1 atom stereocenters. The monoisotopic (exact) mass is 285 g/mol. The third-order valence-corrected chi connectivity index (χ3v) is 4.17. The molecular formula is C18H27N3. The van der Waals surface area contributed by atoms with Crippen molar-refractivity contribution in [1.29, 1.82) is 0 Å². The van der Waals surface area contributed by atoms with E-state index in [9.17, 15) is 0 Å². The van der Waals surface area contributed by atoms with E-state index in [0.717, 1.165) is 32.6 Å². The van der Waals surface area contributed by atoms with Crippen LogP contribution < -0.4 is 5.32 Å². The average Bonchev–Trinajstić information content (AvgIpc) is 2.54. The van der Waals surface area contributed by atoms with Crippen molar-refractivity contribution in [3.63, 3.8) is 0 Å². The highest BCUT2D eigenvalue weighted by Gasteiger charge is 2.14. The van der Waals surface area contributed by atoms with Gasteiger partial charge in [0.25, 0.3) is 0 Å². The van der Waals surface area contributed by atoms with Crippen molar-refractivity contribution >= 4 is 10.8 Å². The summed E-state index contributed by atoms with van der Waals surface area (Å²) in [5, 5.41) is 6.18. The number of fused-ring (bicyclic) bond motifs is 1. The van der Waals surface area contributed by atoms with Gasteiger partial charge in [-0.2, -0.15) is 0 Å². The molecule has 0 spiro atoms. The molecule has 0 amide bonds. The second-order valence-corrected chi connectivity index (χ2v) is 5.37. The molecule has 2 aromatic rings. The maximum absolute atomic E-state index is 4.31. The largest absolute Gasteiger partial charge is 0.310 e. The number of benzene rings is 1. The number of hydrogen-bond acceptors (Lipinski definition) is 3. The number of pyridine rings is 1. The lowest BCUT2D eigenvalue weighted by Gasteiger charge is -2.24. The first-order chi connectivity index (χ1) is 10.3. The molecular weight excluding hydrogens is 258 g/mol. The molecule has 0 aliphatic heterocycles. The highest BCUT2D eigenvalue weighted by Crippen LogP contribution is 2.25. The molecule has 0 saturated heterocycles. The molecule has 1 aromatic carbocycles. The Morgan fingerprint density at radius 3 is 2.67 bits per heavy atom. The van der Waals surface area contributed by atoms with E-state index in [1.54, 1.807) is 0 Å². The summed E-state index contributed by atoms with van der Waals surface area (Å²) in [7, 11) is 0. The number of hydrogen-bond donors (Lipinski definition) is 1. The lowest BCUT2D eigenvalue weighted by atomic mass is 9.97. The third kappa shape index (κ3) is 4.02. The van der Waals surface area contributed by atoms with Gasteiger partial charge >= 0.3 is 0 Å². The van der Waals surface area contributed by atoms with Crippen molar-refractivity contribution < 1.29 is 0 Å². The van der Waals surface area contributed by atoms with Gasteiger partial charge in [-0.05, 0) is 49.6 Å². The van der Waals surface area contributed by atoms with E-state index < -0.39 is 0 Å². The topological polar surface area (TPSA) is 28.2 Å². The van der Waals surface area contributed by atoms with E-state index >= 15 is 0 Å². The molecule has 1 heterocycles. The number of aromatic nitrogens is 1. The maximum atomic E-state index is 4.31. The van der Waals surface area contributed by atoms with Gasteiger partial charge < -0.3 is 10.2 Å². The standard InChI is InChI=1S/C18H27N3/c1-4-20-18(11-13-21(5-2)6-3)16-9-7-8-15-10-12-19-14-17(15)16/h7-10,12,14,18,20H,4-6,11,13H2,1-3H3. The minimum atomic E-state index is 0.392. The van der Waals surface area contributed by atoms with Crippen LogP contribution in [-0.4, -0.2) is 36.1 Å². The fourth-order valence-corrected chi connectivity index (χ4v) is 2.91. The molecule has 3 nitrogen and oxygen atoms in total. The van der Waals surface area contributed by atoms with Crippen LogP contribution in [0, 0.1) is 0 Å². The van der Waals surface area contributed by atoms with E-state index in [0.29, 0.717) is 6.04 Å². The fourth-order valence-electron chi connectivity index (χ4n) is 2.91. The molecule has 1 N–H and O–H groups in total. The van der Waals surface area contributed by atoms with Crippen LogP contribution in [-0.2, 0) is 0 Å². The minimum absolute atomic E-state index is 0.392. The molecule has 3 heteroatoms. The Morgan fingerprint density at radius 2 is 1.95 bits per heavy atom. The summed E-state index contributed by atoms with van der Waals surface area (Å²) in [4.78, 5) is 6.79. The molecule has 0 radical (unpaired) electrons. The quantitative estimate of drug-likeness (QED) is 0.803. The van der Waals surface area contributed by atoms with Gasteiger partial charge in [0.15, 0.2) is 0 Å². The lowest BCUT2D eigenvalue weighted by molar-refractivity contribution is 0.283. The summed E-state index contributed by atoms with van der Waals surface area (Å²) in [5.74, 6) is 0. The van der Waals surface area contributed by atoms with Crippen LogP contribution >= 0.6 is 0 Å². The van der Waals surface area contributed by atoms with Gasteiger partial charge in [0.05, 0.1) is 0 Å². The zero-order valence-electron chi connectivity index (χ0n) is 13.5. The first-order valence-corrected chi connectivity index (χ1v) is 8.08. The molecule has 0 aliphatic carbocycles. The number of rotatable bonds is 8. The van der Waals surface area contributed by atoms with E-state index in [1.807, 2.05) is 12.4 Å². The molecule has 114 valence electrons. The first-order valence-electron chi connectivity index (χ1n) is 8.08. The van der Waals surface area contributed by atoms with E-state index in [2.05, 4.69) is 60.2 Å². The molecule has 1 unspecified atom stereocenters. The van der Waals surface area contributed by atoms with Crippen LogP contribution in [0.25, 0.3) is 10.8 Å². The van der Waals surface area contributed by atoms with Gasteiger partial charge in [-0.25, -0.2) is 0 Å². The normalized spacial score (nSPS) is 13.0. The summed E-state index contributed by atoms with van der Waals surface area (Å²) in [6.07, 6.45) is 4.99. The number of nitrogens with one attached hydrogen (secondary N) is 1. The second-order valence-electron chi connectivity index (χ2n) is 5.37. The van der Waals surface area contributed by atoms with Gasteiger partial charge in [0, 0.05) is 23.8 Å². The molecule has 0 aliphatic rings. The molecule has 2 rings (SSSR count). The first kappa shape index (κ1) is 15.9. The second kappa shape index (κ2) is 8.11. The highest BCUT2D eigenvalue weighted by atomic mass is 15.1. The molecule has 1 aromatic heterocycles. The van der Waals surface area contributed by atoms with Crippen molar-refractivity contribution in [3.05, 3.63) is 42.2 Å². The predicted octanol–water partition coefficient (Wildman–Crippen LogP) is 3.62. The Morgan fingerprint density at radius 1 is 1.14 bits per heavy atom. The zero-order chi connectivity index (χ0) is 15.1. The Labute approximate surface area is 128 Å². The average molecular weight is 285 g/mol. The van der Waals surface area contributed by atoms with Crippen molar-refractivity contribution in [2.45, 2.75) is 33.2 Å². The van der Waals surface area contributed by atoms with E-state index in [-0.39, 0.29) is 0 Å². The van der Waals surface area contributed by atoms with E-state index in [4.69, 9.17) is 0 Å². The zero-order valence-corrected chi connectivity index (χ0v) is 13.5. The van der Waals surface area contributed by atoms with Crippen LogP contribution in [0.1, 0.15) is 38.8 Å². The molecule has 21 heavy (non-hydrogen) atoms. The van der Waals surface area contributed by atoms with Crippen LogP contribution in [0.3, 0.4) is 0 Å². The predicted molar refractivity (Wildman–Crippen MR) is 90.6 cm³/mol.